The second-order valence-corrected chi connectivity index (χ2v) is 19.7. The summed E-state index contributed by atoms with van der Waals surface area (Å²) in [7, 11) is 0. The lowest BCUT2D eigenvalue weighted by atomic mass is 9.90. The highest BCUT2D eigenvalue weighted by Gasteiger charge is 2.33. The summed E-state index contributed by atoms with van der Waals surface area (Å²) in [5.41, 5.74) is 1.85. The Hall–Kier alpha value is -5.14. The van der Waals surface area contributed by atoms with Crippen molar-refractivity contribution in [3.05, 3.63) is 105 Å². The SMILES string of the molecule is CCCCCCOc1c(OCCCCCC)c(OCCCCCC)c2c(c1OCCCCCC)c1ccccc1c1c(I)c(C#Cc3ccccc3)c(OC(=O)c3ccccc3)c(OCCCCCC)c12. The molecule has 0 aliphatic carbocycles. The Bertz CT molecular complexity index is 2630. The topological polar surface area (TPSA) is 72.5 Å². The Morgan fingerprint density at radius 2 is 0.761 bits per heavy atom. The largest absolute Gasteiger partial charge is 0.489 e. The lowest BCUT2D eigenvalue weighted by Crippen LogP contribution is -2.13. The van der Waals surface area contributed by atoms with Crippen molar-refractivity contribution in [1.29, 1.82) is 0 Å². The van der Waals surface area contributed by atoms with Crippen LogP contribution in [0.3, 0.4) is 0 Å². The number of rotatable bonds is 32. The molecule has 71 heavy (non-hydrogen) atoms. The number of carbonyl (C=O) groups is 1. The van der Waals surface area contributed by atoms with Crippen molar-refractivity contribution in [1.82, 2.24) is 0 Å². The summed E-state index contributed by atoms with van der Waals surface area (Å²) in [6.45, 7) is 13.5. The van der Waals surface area contributed by atoms with E-state index in [0.29, 0.717) is 72.9 Å². The van der Waals surface area contributed by atoms with Gasteiger partial charge in [-0.05, 0) is 89.7 Å². The van der Waals surface area contributed by atoms with Crippen LogP contribution in [0.5, 0.6) is 34.5 Å². The maximum atomic E-state index is 14.5. The van der Waals surface area contributed by atoms with Crippen LogP contribution >= 0.6 is 22.6 Å². The van der Waals surface area contributed by atoms with E-state index < -0.39 is 5.97 Å². The number of hydrogen-bond donors (Lipinski definition) is 0. The average Bonchev–Trinajstić information content (AvgIpc) is 3.39. The van der Waals surface area contributed by atoms with Gasteiger partial charge in [0, 0.05) is 30.7 Å². The Labute approximate surface area is 439 Å². The van der Waals surface area contributed by atoms with Crippen LogP contribution in [0.2, 0.25) is 0 Å². The minimum Gasteiger partial charge on any atom is -0.489 e. The highest BCUT2D eigenvalue weighted by atomic mass is 127. The van der Waals surface area contributed by atoms with E-state index in [2.05, 4.69) is 93.3 Å². The lowest BCUT2D eigenvalue weighted by molar-refractivity contribution is 0.0727. The van der Waals surface area contributed by atoms with E-state index >= 15 is 0 Å². The zero-order valence-electron chi connectivity index (χ0n) is 43.5. The lowest BCUT2D eigenvalue weighted by Gasteiger charge is -2.26. The van der Waals surface area contributed by atoms with Crippen LogP contribution in [0.1, 0.15) is 185 Å². The van der Waals surface area contributed by atoms with Crippen LogP contribution in [0, 0.1) is 15.4 Å². The number of hydrogen-bond acceptors (Lipinski definition) is 7. The van der Waals surface area contributed by atoms with Gasteiger partial charge >= 0.3 is 5.97 Å². The molecule has 6 aromatic rings. The van der Waals surface area contributed by atoms with E-state index in [1.165, 1.54) is 0 Å². The molecule has 7 nitrogen and oxygen atoms in total. The molecular weight excluding hydrogens is 996 g/mol. The molecule has 0 radical (unpaired) electrons. The third-order valence-electron chi connectivity index (χ3n) is 12.9. The molecule has 6 aromatic carbocycles. The Kier molecular flexibility index (Phi) is 23.8. The fourth-order valence-corrected chi connectivity index (χ4v) is 9.96. The highest BCUT2D eigenvalue weighted by molar-refractivity contribution is 14.1. The number of fused-ring (bicyclic) bond motifs is 6. The van der Waals surface area contributed by atoms with Crippen molar-refractivity contribution < 1.29 is 33.2 Å². The number of unbranched alkanes of at least 4 members (excludes halogenated alkanes) is 15. The predicted octanol–water partition coefficient (Wildman–Crippen LogP) is 18.2. The summed E-state index contributed by atoms with van der Waals surface area (Å²) in [5, 5.41) is 5.34. The van der Waals surface area contributed by atoms with Crippen LogP contribution in [0.25, 0.3) is 32.3 Å². The van der Waals surface area contributed by atoms with E-state index in [1.807, 2.05) is 48.5 Å². The molecule has 0 saturated heterocycles. The zero-order chi connectivity index (χ0) is 50.0. The molecule has 0 amide bonds. The normalized spacial score (nSPS) is 11.2. The third-order valence-corrected chi connectivity index (χ3v) is 14.0. The molecule has 0 fully saturated rings. The molecule has 0 aliphatic heterocycles. The first-order valence-electron chi connectivity index (χ1n) is 27.2. The highest BCUT2D eigenvalue weighted by Crippen LogP contribution is 2.59. The van der Waals surface area contributed by atoms with Gasteiger partial charge in [0.1, 0.15) is 0 Å². The van der Waals surface area contributed by atoms with Gasteiger partial charge in [-0.2, -0.15) is 0 Å². The summed E-state index contributed by atoms with van der Waals surface area (Å²) in [4.78, 5) is 14.5. The molecule has 0 spiro atoms. The summed E-state index contributed by atoms with van der Waals surface area (Å²) in [5.74, 6) is 9.56. The molecule has 0 atom stereocenters. The minimum absolute atomic E-state index is 0.278. The van der Waals surface area contributed by atoms with Crippen molar-refractivity contribution in [2.75, 3.05) is 33.0 Å². The van der Waals surface area contributed by atoms with Gasteiger partial charge in [0.15, 0.2) is 23.0 Å². The Balaban J connectivity index is 1.82. The fraction of sp³-hybridized carbons (Fsp3) is 0.476. The van der Waals surface area contributed by atoms with E-state index in [1.54, 1.807) is 12.1 Å². The molecule has 0 saturated carbocycles. The van der Waals surface area contributed by atoms with E-state index in [9.17, 15) is 4.79 Å². The fourth-order valence-electron chi connectivity index (χ4n) is 9.02. The van der Waals surface area contributed by atoms with Crippen molar-refractivity contribution in [2.45, 2.75) is 163 Å². The van der Waals surface area contributed by atoms with Gasteiger partial charge in [-0.25, -0.2) is 4.79 Å². The predicted molar refractivity (Wildman–Crippen MR) is 304 cm³/mol. The first-order valence-corrected chi connectivity index (χ1v) is 28.3. The number of esters is 1. The molecule has 0 bridgehead atoms. The molecule has 380 valence electrons. The van der Waals surface area contributed by atoms with Crippen molar-refractivity contribution in [3.63, 3.8) is 0 Å². The minimum atomic E-state index is -0.497. The van der Waals surface area contributed by atoms with E-state index in [4.69, 9.17) is 28.4 Å². The Morgan fingerprint density at radius 3 is 1.21 bits per heavy atom. The first-order chi connectivity index (χ1) is 35.0. The van der Waals surface area contributed by atoms with Crippen molar-refractivity contribution in [3.8, 4) is 46.3 Å². The van der Waals surface area contributed by atoms with Gasteiger partial charge in [0.05, 0.1) is 44.2 Å². The molecule has 0 aliphatic rings. The average molecular weight is 1080 g/mol. The van der Waals surface area contributed by atoms with Gasteiger partial charge in [-0.3, -0.25) is 0 Å². The monoisotopic (exact) mass is 1070 g/mol. The smallest absolute Gasteiger partial charge is 0.343 e. The van der Waals surface area contributed by atoms with Crippen LogP contribution in [-0.2, 0) is 0 Å². The van der Waals surface area contributed by atoms with Crippen LogP contribution in [0.15, 0.2) is 84.9 Å². The molecule has 0 unspecified atom stereocenters. The van der Waals surface area contributed by atoms with Crippen LogP contribution < -0.4 is 28.4 Å². The first kappa shape index (κ1) is 55.2. The number of ether oxygens (including phenoxy) is 6. The molecule has 0 aromatic heterocycles. The van der Waals surface area contributed by atoms with Crippen molar-refractivity contribution >= 4 is 60.9 Å². The molecule has 6 rings (SSSR count). The second-order valence-electron chi connectivity index (χ2n) is 18.6. The van der Waals surface area contributed by atoms with Gasteiger partial charge < -0.3 is 28.4 Å². The third kappa shape index (κ3) is 15.2. The van der Waals surface area contributed by atoms with Crippen molar-refractivity contribution in [2.24, 2.45) is 0 Å². The quantitative estimate of drug-likeness (QED) is 0.0104. The van der Waals surface area contributed by atoms with E-state index in [0.717, 1.165) is 170 Å². The maximum Gasteiger partial charge on any atom is 0.343 e. The van der Waals surface area contributed by atoms with Gasteiger partial charge in [-0.1, -0.05) is 203 Å². The molecular formula is C63H79IO7. The number of benzene rings is 6. The summed E-state index contributed by atoms with van der Waals surface area (Å²) >= 11 is 2.42. The molecule has 0 N–H and O–H groups in total. The number of halogens is 1. The van der Waals surface area contributed by atoms with Crippen LogP contribution in [0.4, 0.5) is 0 Å². The maximum absolute atomic E-state index is 14.5. The summed E-state index contributed by atoms with van der Waals surface area (Å²) < 4.78 is 43.3. The summed E-state index contributed by atoms with van der Waals surface area (Å²) in [6, 6.07) is 27.6. The second kappa shape index (κ2) is 30.7. The van der Waals surface area contributed by atoms with E-state index in [-0.39, 0.29) is 5.75 Å². The zero-order valence-corrected chi connectivity index (χ0v) is 45.7. The molecule has 8 heteroatoms. The van der Waals surface area contributed by atoms with Gasteiger partial charge in [-0.15, -0.1) is 0 Å². The number of carbonyl (C=O) groups excluding carboxylic acids is 1. The standard InChI is InChI=1S/C63H79IO7/c1-6-11-16-29-42-66-58-53-50-39-28-27-38-49(50)52-54(55(53)60(68-44-31-18-13-8-3)62(70-46-33-20-15-10-5)61(58)69-45-32-19-14-9-4)59(67-43-30-17-12-7-2)57(71-63(65)48-36-25-22-26-37-48)51(56(52)64)41-40-47-34-23-21-24-35-47/h21-28,34-39H,6-20,29-33,42-46H2,1-5H3. The van der Waals surface area contributed by atoms with Gasteiger partial charge in [0.25, 0.3) is 0 Å². The van der Waals surface area contributed by atoms with Gasteiger partial charge in [0.2, 0.25) is 11.5 Å². The summed E-state index contributed by atoms with van der Waals surface area (Å²) in [6.07, 6.45) is 20.8. The molecule has 0 heterocycles. The van der Waals surface area contributed by atoms with Crippen LogP contribution in [-0.4, -0.2) is 39.0 Å². The Morgan fingerprint density at radius 1 is 0.394 bits per heavy atom.